The number of aldehydes is 1. The van der Waals surface area contributed by atoms with Gasteiger partial charge >= 0.3 is 0 Å². The van der Waals surface area contributed by atoms with Gasteiger partial charge in [-0.3, -0.25) is 9.59 Å². The van der Waals surface area contributed by atoms with E-state index in [0.717, 1.165) is 11.9 Å². The Labute approximate surface area is 162 Å². The molecular weight excluding hydrogens is 348 g/mol. The number of aliphatic hydroxyl groups excluding tert-OH is 4. The van der Waals surface area contributed by atoms with Crippen molar-refractivity contribution in [3.8, 4) is 0 Å². The first-order chi connectivity index (χ1) is 12.8. The summed E-state index contributed by atoms with van der Waals surface area (Å²) in [4.78, 5) is 22.4. The summed E-state index contributed by atoms with van der Waals surface area (Å²) in [6, 6.07) is 0. The van der Waals surface area contributed by atoms with Crippen molar-refractivity contribution in [3.05, 3.63) is 23.3 Å². The first kappa shape index (κ1) is 25.7. The molecule has 0 aromatic heterocycles. The van der Waals surface area contributed by atoms with E-state index in [-0.39, 0.29) is 25.2 Å². The molecule has 3 atom stereocenters. The molecule has 0 heterocycles. The zero-order valence-corrected chi connectivity index (χ0v) is 16.6. The molecule has 0 radical (unpaired) electrons. The number of ketones is 1. The minimum absolute atomic E-state index is 0.0687. The highest BCUT2D eigenvalue weighted by Crippen LogP contribution is 2.16. The summed E-state index contributed by atoms with van der Waals surface area (Å²) in [5, 5.41) is 37.7. The van der Waals surface area contributed by atoms with Crippen LogP contribution in [0.2, 0.25) is 0 Å². The van der Waals surface area contributed by atoms with Gasteiger partial charge in [-0.15, -0.1) is 0 Å². The molecule has 0 amide bonds. The van der Waals surface area contributed by atoms with Gasteiger partial charge in [0.25, 0.3) is 0 Å². The fourth-order valence-corrected chi connectivity index (χ4v) is 2.72. The van der Waals surface area contributed by atoms with Gasteiger partial charge < -0.3 is 20.4 Å². The number of rotatable bonds is 16. The minimum atomic E-state index is -0.695. The van der Waals surface area contributed by atoms with Crippen molar-refractivity contribution in [2.24, 2.45) is 0 Å². The van der Waals surface area contributed by atoms with Gasteiger partial charge in [0.05, 0.1) is 18.3 Å². The third-order valence-electron chi connectivity index (χ3n) is 4.38. The van der Waals surface area contributed by atoms with E-state index in [1.165, 1.54) is 0 Å². The maximum atomic E-state index is 11.4. The predicted molar refractivity (Wildman–Crippen MR) is 105 cm³/mol. The number of carbonyl (C=O) groups excluding carboxylic acids is 2. The molecule has 0 aromatic carbocycles. The van der Waals surface area contributed by atoms with Crippen molar-refractivity contribution in [3.63, 3.8) is 0 Å². The Morgan fingerprint density at radius 1 is 0.963 bits per heavy atom. The highest BCUT2D eigenvalue weighted by molar-refractivity contribution is 5.78. The molecule has 0 aromatic rings. The standard InChI is InChI=1S/C21H36O6/c1-16(24)10-11-18(15-23)6-5-8-19(17(2)25)7-3-4-9-20(26)14-21(27)12-13-22/h6-7,15-17,20,22,24-26H,3-5,8-14H2,1-2H3/b18-6-,19-7-. The molecule has 0 bridgehead atoms. The molecule has 0 aliphatic rings. The second-order valence-electron chi connectivity index (χ2n) is 7.08. The fraction of sp³-hybridized carbons (Fsp3) is 0.714. The van der Waals surface area contributed by atoms with Crippen LogP contribution in [0.15, 0.2) is 23.3 Å². The third kappa shape index (κ3) is 14.4. The number of unbranched alkanes of at least 4 members (excludes halogenated alkanes) is 1. The summed E-state index contributed by atoms with van der Waals surface area (Å²) in [7, 11) is 0. The Morgan fingerprint density at radius 3 is 2.22 bits per heavy atom. The lowest BCUT2D eigenvalue weighted by Gasteiger charge is -2.11. The maximum Gasteiger partial charge on any atom is 0.145 e. The van der Waals surface area contributed by atoms with E-state index in [2.05, 4.69) is 0 Å². The van der Waals surface area contributed by atoms with Gasteiger partial charge in [0.1, 0.15) is 12.1 Å². The third-order valence-corrected chi connectivity index (χ3v) is 4.38. The minimum Gasteiger partial charge on any atom is -0.396 e. The second-order valence-corrected chi connectivity index (χ2v) is 7.08. The molecule has 0 aliphatic heterocycles. The van der Waals surface area contributed by atoms with E-state index in [1.807, 2.05) is 12.2 Å². The largest absolute Gasteiger partial charge is 0.396 e. The van der Waals surface area contributed by atoms with Crippen LogP contribution < -0.4 is 0 Å². The van der Waals surface area contributed by atoms with Crippen molar-refractivity contribution < 1.29 is 30.0 Å². The van der Waals surface area contributed by atoms with Crippen LogP contribution in [-0.4, -0.2) is 57.4 Å². The average molecular weight is 385 g/mol. The van der Waals surface area contributed by atoms with Crippen molar-refractivity contribution in [1.29, 1.82) is 0 Å². The lowest BCUT2D eigenvalue weighted by Crippen LogP contribution is -2.14. The van der Waals surface area contributed by atoms with Crippen LogP contribution in [0, 0.1) is 0 Å². The molecule has 0 rings (SSSR count). The molecule has 0 saturated heterocycles. The number of hydrogen-bond donors (Lipinski definition) is 4. The molecule has 6 nitrogen and oxygen atoms in total. The molecule has 156 valence electrons. The van der Waals surface area contributed by atoms with Gasteiger partial charge in [-0.25, -0.2) is 0 Å². The van der Waals surface area contributed by atoms with Crippen LogP contribution in [0.5, 0.6) is 0 Å². The summed E-state index contributed by atoms with van der Waals surface area (Å²) < 4.78 is 0. The molecule has 27 heavy (non-hydrogen) atoms. The van der Waals surface area contributed by atoms with Gasteiger partial charge in [-0.1, -0.05) is 12.2 Å². The zero-order valence-electron chi connectivity index (χ0n) is 16.6. The van der Waals surface area contributed by atoms with E-state index >= 15 is 0 Å². The number of aliphatic hydroxyl groups is 4. The van der Waals surface area contributed by atoms with E-state index in [4.69, 9.17) is 5.11 Å². The van der Waals surface area contributed by atoms with Crippen molar-refractivity contribution in [1.82, 2.24) is 0 Å². The summed E-state index contributed by atoms with van der Waals surface area (Å²) in [5.74, 6) is -0.140. The number of carbonyl (C=O) groups is 2. The van der Waals surface area contributed by atoms with Gasteiger partial charge in [0, 0.05) is 19.4 Å². The Kier molecular flexibility index (Phi) is 14.9. The van der Waals surface area contributed by atoms with E-state index in [9.17, 15) is 24.9 Å². The molecule has 0 fully saturated rings. The first-order valence-corrected chi connectivity index (χ1v) is 9.80. The van der Waals surface area contributed by atoms with E-state index in [1.54, 1.807) is 13.8 Å². The molecule has 4 N–H and O–H groups in total. The van der Waals surface area contributed by atoms with Gasteiger partial charge in [0.2, 0.25) is 0 Å². The van der Waals surface area contributed by atoms with Crippen LogP contribution in [0.4, 0.5) is 0 Å². The Bertz CT molecular complexity index is 479. The molecule has 0 aliphatic carbocycles. The summed E-state index contributed by atoms with van der Waals surface area (Å²) >= 11 is 0. The monoisotopic (exact) mass is 384 g/mol. The smallest absolute Gasteiger partial charge is 0.145 e. The van der Waals surface area contributed by atoms with E-state index < -0.39 is 18.3 Å². The van der Waals surface area contributed by atoms with Crippen LogP contribution in [0.3, 0.4) is 0 Å². The lowest BCUT2D eigenvalue weighted by molar-refractivity contribution is -0.121. The summed E-state index contributed by atoms with van der Waals surface area (Å²) in [5.41, 5.74) is 1.55. The van der Waals surface area contributed by atoms with E-state index in [0.29, 0.717) is 50.5 Å². The summed E-state index contributed by atoms with van der Waals surface area (Å²) in [6.07, 6.45) is 7.32. The van der Waals surface area contributed by atoms with Crippen LogP contribution in [0.25, 0.3) is 0 Å². The zero-order chi connectivity index (χ0) is 20.7. The molecule has 3 unspecified atom stereocenters. The molecule has 0 saturated carbocycles. The summed E-state index contributed by atoms with van der Waals surface area (Å²) in [6.45, 7) is 3.20. The number of hydrogen-bond acceptors (Lipinski definition) is 6. The number of allylic oxidation sites excluding steroid dienone is 3. The highest BCUT2D eigenvalue weighted by atomic mass is 16.3. The van der Waals surface area contributed by atoms with Crippen molar-refractivity contribution in [2.75, 3.05) is 6.61 Å². The predicted octanol–water partition coefficient (Wildman–Crippen LogP) is 2.23. The Balaban J connectivity index is 4.34. The maximum absolute atomic E-state index is 11.4. The van der Waals surface area contributed by atoms with Gasteiger partial charge in [-0.05, 0) is 69.9 Å². The van der Waals surface area contributed by atoms with Crippen LogP contribution >= 0.6 is 0 Å². The quantitative estimate of drug-likeness (QED) is 0.140. The van der Waals surface area contributed by atoms with Crippen molar-refractivity contribution >= 4 is 12.1 Å². The fourth-order valence-electron chi connectivity index (χ4n) is 2.72. The normalized spacial score (nSPS) is 16.1. The van der Waals surface area contributed by atoms with Crippen LogP contribution in [-0.2, 0) is 9.59 Å². The van der Waals surface area contributed by atoms with Crippen molar-refractivity contribution in [2.45, 2.75) is 89.9 Å². The molecule has 0 spiro atoms. The SMILES string of the molecule is CC(O)CC/C(C=O)=C/CC/C(=C/CCCC(O)CC(=O)CCO)C(C)O. The number of Topliss-reactive ketones (excluding diaryl/α,β-unsaturated/α-hetero) is 1. The van der Waals surface area contributed by atoms with Crippen LogP contribution in [0.1, 0.15) is 71.6 Å². The van der Waals surface area contributed by atoms with Gasteiger partial charge in [-0.2, -0.15) is 0 Å². The van der Waals surface area contributed by atoms with Gasteiger partial charge in [0.15, 0.2) is 0 Å². The Morgan fingerprint density at radius 2 is 1.67 bits per heavy atom. The first-order valence-electron chi connectivity index (χ1n) is 9.80. The topological polar surface area (TPSA) is 115 Å². The lowest BCUT2D eigenvalue weighted by atomic mass is 9.99. The molecular formula is C21H36O6. The Hall–Kier alpha value is -1.34. The highest BCUT2D eigenvalue weighted by Gasteiger charge is 2.10. The molecule has 6 heteroatoms. The second kappa shape index (κ2) is 15.7. The average Bonchev–Trinajstić information content (AvgIpc) is 2.59.